The fourth-order valence-electron chi connectivity index (χ4n) is 2.38. The third kappa shape index (κ3) is 3.94. The topological polar surface area (TPSA) is 42.0 Å². The molecule has 24 heavy (non-hydrogen) atoms. The van der Waals surface area contributed by atoms with Crippen molar-refractivity contribution in [2.24, 2.45) is 0 Å². The maximum Gasteiger partial charge on any atom is 0.255 e. The Bertz CT molecular complexity index is 866. The van der Waals surface area contributed by atoms with Crippen molar-refractivity contribution < 1.29 is 4.79 Å². The first kappa shape index (κ1) is 16.5. The van der Waals surface area contributed by atoms with E-state index in [9.17, 15) is 4.79 Å². The van der Waals surface area contributed by atoms with Crippen molar-refractivity contribution in [3.63, 3.8) is 0 Å². The van der Waals surface area contributed by atoms with Gasteiger partial charge in [-0.25, -0.2) is 0 Å². The second-order valence-electron chi connectivity index (χ2n) is 5.26. The fourth-order valence-corrected chi connectivity index (χ4v) is 2.77. The molecule has 0 aliphatic heterocycles. The van der Waals surface area contributed by atoms with E-state index >= 15 is 0 Å². The number of benzene rings is 2. The second-order valence-corrected chi connectivity index (χ2v) is 6.10. The number of halogens is 2. The number of aromatic nitrogens is 1. The number of hydrogen-bond donors (Lipinski definition) is 1. The van der Waals surface area contributed by atoms with Crippen molar-refractivity contribution in [3.8, 4) is 0 Å². The number of anilines is 1. The minimum Gasteiger partial charge on any atom is -0.322 e. The molecule has 3 aromatic rings. The molecule has 0 fully saturated rings. The number of carbonyl (C=O) groups is 1. The molecule has 0 aliphatic rings. The molecule has 1 heterocycles. The summed E-state index contributed by atoms with van der Waals surface area (Å²) >= 11 is 12.4. The van der Waals surface area contributed by atoms with E-state index in [1.54, 1.807) is 36.7 Å². The third-order valence-electron chi connectivity index (χ3n) is 3.60. The van der Waals surface area contributed by atoms with Gasteiger partial charge in [-0.15, -0.1) is 0 Å². The van der Waals surface area contributed by atoms with Gasteiger partial charge in [-0.3, -0.25) is 9.78 Å². The summed E-state index contributed by atoms with van der Waals surface area (Å²) < 4.78 is 0. The predicted octanol–water partition coefficient (Wildman–Crippen LogP) is 5.23. The van der Waals surface area contributed by atoms with Gasteiger partial charge in [0.15, 0.2) is 0 Å². The number of pyridine rings is 1. The smallest absolute Gasteiger partial charge is 0.255 e. The lowest BCUT2D eigenvalue weighted by Gasteiger charge is -2.13. The Kier molecular flexibility index (Phi) is 5.14. The van der Waals surface area contributed by atoms with Crippen LogP contribution >= 0.6 is 23.2 Å². The highest BCUT2D eigenvalue weighted by atomic mass is 35.5. The first-order valence-electron chi connectivity index (χ1n) is 7.36. The van der Waals surface area contributed by atoms with E-state index in [2.05, 4.69) is 10.3 Å². The summed E-state index contributed by atoms with van der Waals surface area (Å²) in [4.78, 5) is 16.3. The molecule has 0 aliphatic carbocycles. The average Bonchev–Trinajstić information content (AvgIpc) is 2.60. The van der Waals surface area contributed by atoms with Crippen LogP contribution in [0.4, 0.5) is 5.69 Å². The van der Waals surface area contributed by atoms with Gasteiger partial charge in [0.2, 0.25) is 0 Å². The molecule has 3 nitrogen and oxygen atoms in total. The number of carbonyl (C=O) groups excluding carboxylic acids is 1. The minimum absolute atomic E-state index is 0.194. The highest BCUT2D eigenvalue weighted by molar-refractivity contribution is 6.31. The summed E-state index contributed by atoms with van der Waals surface area (Å²) in [5.74, 6) is -0.194. The van der Waals surface area contributed by atoms with Crippen LogP contribution in [-0.4, -0.2) is 10.9 Å². The summed E-state index contributed by atoms with van der Waals surface area (Å²) in [7, 11) is 0. The minimum atomic E-state index is -0.194. The molecule has 120 valence electrons. The SMILES string of the molecule is O=C(Nc1ccc(Cl)cc1Cc1ccccc1Cl)c1ccncc1. The van der Waals surface area contributed by atoms with E-state index in [0.29, 0.717) is 27.7 Å². The molecule has 0 radical (unpaired) electrons. The molecular weight excluding hydrogens is 343 g/mol. The predicted molar refractivity (Wildman–Crippen MR) is 97.9 cm³/mol. The van der Waals surface area contributed by atoms with Crippen LogP contribution in [0.25, 0.3) is 0 Å². The third-order valence-corrected chi connectivity index (χ3v) is 4.20. The maximum absolute atomic E-state index is 12.4. The Morgan fingerprint density at radius 3 is 2.46 bits per heavy atom. The van der Waals surface area contributed by atoms with Crippen LogP contribution in [0.15, 0.2) is 67.0 Å². The van der Waals surface area contributed by atoms with Gasteiger partial charge in [0.1, 0.15) is 0 Å². The van der Waals surface area contributed by atoms with E-state index in [4.69, 9.17) is 23.2 Å². The van der Waals surface area contributed by atoms with Crippen LogP contribution in [0.1, 0.15) is 21.5 Å². The Hall–Kier alpha value is -2.36. The molecule has 0 unspecified atom stereocenters. The molecule has 0 atom stereocenters. The average molecular weight is 357 g/mol. The lowest BCUT2D eigenvalue weighted by molar-refractivity contribution is 0.102. The molecule has 3 rings (SSSR count). The zero-order valence-electron chi connectivity index (χ0n) is 12.7. The van der Waals surface area contributed by atoms with Gasteiger partial charge < -0.3 is 5.32 Å². The summed E-state index contributed by atoms with van der Waals surface area (Å²) in [5, 5.41) is 4.22. The first-order chi connectivity index (χ1) is 11.6. The van der Waals surface area contributed by atoms with Gasteiger partial charge in [-0.1, -0.05) is 41.4 Å². The Balaban J connectivity index is 1.89. The van der Waals surface area contributed by atoms with Crippen LogP contribution in [0.2, 0.25) is 10.0 Å². The van der Waals surface area contributed by atoms with Crippen LogP contribution in [0, 0.1) is 0 Å². The van der Waals surface area contributed by atoms with Gasteiger partial charge in [0.05, 0.1) is 0 Å². The van der Waals surface area contributed by atoms with E-state index in [0.717, 1.165) is 11.1 Å². The molecule has 0 spiro atoms. The number of nitrogens with zero attached hydrogens (tertiary/aromatic N) is 1. The van der Waals surface area contributed by atoms with Crippen molar-refractivity contribution in [2.45, 2.75) is 6.42 Å². The Morgan fingerprint density at radius 1 is 0.958 bits per heavy atom. The summed E-state index contributed by atoms with van der Waals surface area (Å²) in [6.07, 6.45) is 3.75. The molecule has 1 aromatic heterocycles. The molecular formula is C19H14Cl2N2O. The van der Waals surface area contributed by atoms with Crippen molar-refractivity contribution >= 4 is 34.8 Å². The monoisotopic (exact) mass is 356 g/mol. The molecule has 2 aromatic carbocycles. The van der Waals surface area contributed by atoms with Gasteiger partial charge in [0.25, 0.3) is 5.91 Å². The summed E-state index contributed by atoms with van der Waals surface area (Å²) in [5.41, 5.74) is 3.13. The molecule has 0 saturated heterocycles. The van der Waals surface area contributed by atoms with Gasteiger partial charge >= 0.3 is 0 Å². The van der Waals surface area contributed by atoms with Gasteiger partial charge in [-0.05, 0) is 47.5 Å². The van der Waals surface area contributed by atoms with E-state index in [1.807, 2.05) is 30.3 Å². The number of hydrogen-bond acceptors (Lipinski definition) is 2. The van der Waals surface area contributed by atoms with Crippen LogP contribution in [0.3, 0.4) is 0 Å². The number of amides is 1. The standard InChI is InChI=1S/C19H14Cl2N2O/c20-16-5-6-18(23-19(24)13-7-9-22-10-8-13)15(12-16)11-14-3-1-2-4-17(14)21/h1-10,12H,11H2,(H,23,24). The van der Waals surface area contributed by atoms with Crippen molar-refractivity contribution in [2.75, 3.05) is 5.32 Å². The number of nitrogens with one attached hydrogen (secondary N) is 1. The molecule has 5 heteroatoms. The van der Waals surface area contributed by atoms with Gasteiger partial charge in [0, 0.05) is 40.1 Å². The van der Waals surface area contributed by atoms with E-state index in [1.165, 1.54) is 0 Å². The molecule has 0 bridgehead atoms. The van der Waals surface area contributed by atoms with E-state index in [-0.39, 0.29) is 5.91 Å². The molecule has 1 amide bonds. The Labute approximate surface area is 150 Å². The quantitative estimate of drug-likeness (QED) is 0.695. The summed E-state index contributed by atoms with van der Waals surface area (Å²) in [6, 6.07) is 16.3. The largest absolute Gasteiger partial charge is 0.322 e. The van der Waals surface area contributed by atoms with Crippen molar-refractivity contribution in [3.05, 3.63) is 93.7 Å². The maximum atomic E-state index is 12.4. The van der Waals surface area contributed by atoms with Gasteiger partial charge in [-0.2, -0.15) is 0 Å². The second kappa shape index (κ2) is 7.47. The molecule has 1 N–H and O–H groups in total. The highest BCUT2D eigenvalue weighted by Crippen LogP contribution is 2.26. The lowest BCUT2D eigenvalue weighted by Crippen LogP contribution is -2.13. The highest BCUT2D eigenvalue weighted by Gasteiger charge is 2.11. The van der Waals surface area contributed by atoms with Crippen molar-refractivity contribution in [1.29, 1.82) is 0 Å². The summed E-state index contributed by atoms with van der Waals surface area (Å²) in [6.45, 7) is 0. The van der Waals surface area contributed by atoms with Crippen LogP contribution in [-0.2, 0) is 6.42 Å². The zero-order valence-corrected chi connectivity index (χ0v) is 14.2. The van der Waals surface area contributed by atoms with Crippen LogP contribution < -0.4 is 5.32 Å². The first-order valence-corrected chi connectivity index (χ1v) is 8.12. The fraction of sp³-hybridized carbons (Fsp3) is 0.0526. The van der Waals surface area contributed by atoms with E-state index < -0.39 is 0 Å². The normalized spacial score (nSPS) is 10.4. The lowest BCUT2D eigenvalue weighted by atomic mass is 10.0. The molecule has 0 saturated carbocycles. The Morgan fingerprint density at radius 2 is 1.71 bits per heavy atom. The zero-order chi connectivity index (χ0) is 16.9. The van der Waals surface area contributed by atoms with Crippen LogP contribution in [0.5, 0.6) is 0 Å². The van der Waals surface area contributed by atoms with Crippen molar-refractivity contribution in [1.82, 2.24) is 4.98 Å². The number of rotatable bonds is 4.